The lowest BCUT2D eigenvalue weighted by Gasteiger charge is -2.31. The van der Waals surface area contributed by atoms with Crippen molar-refractivity contribution in [2.75, 3.05) is 39.8 Å². The lowest BCUT2D eigenvalue weighted by molar-refractivity contribution is -0.133. The van der Waals surface area contributed by atoms with E-state index in [9.17, 15) is 9.18 Å². The van der Waals surface area contributed by atoms with Crippen molar-refractivity contribution < 1.29 is 9.18 Å². The molecule has 0 spiro atoms. The lowest BCUT2D eigenvalue weighted by Crippen LogP contribution is -2.48. The molecule has 2 rings (SSSR count). The summed E-state index contributed by atoms with van der Waals surface area (Å²) in [5.41, 5.74) is 1.97. The Bertz CT molecular complexity index is 612. The Balaban J connectivity index is 2.08. The van der Waals surface area contributed by atoms with Crippen LogP contribution >= 0.6 is 11.8 Å². The van der Waals surface area contributed by atoms with Gasteiger partial charge in [0.2, 0.25) is 5.91 Å². The molecule has 1 saturated heterocycles. The molecule has 0 saturated carbocycles. The van der Waals surface area contributed by atoms with E-state index in [0.29, 0.717) is 13.1 Å². The predicted octanol–water partition coefficient (Wildman–Crippen LogP) is 3.03. The number of aryl methyl sites for hydroxylation is 1. The summed E-state index contributed by atoms with van der Waals surface area (Å²) in [6, 6.07) is 4.85. The number of benzene rings is 1. The summed E-state index contributed by atoms with van der Waals surface area (Å²) in [6.07, 6.45) is 0. The number of carbonyl (C=O) groups excluding carboxylic acids is 1. The van der Waals surface area contributed by atoms with Gasteiger partial charge in [-0.15, -0.1) is 11.8 Å². The molecule has 4 nitrogen and oxygen atoms in total. The van der Waals surface area contributed by atoms with Crippen molar-refractivity contribution in [3.05, 3.63) is 35.1 Å². The molecule has 1 fully saturated rings. The highest BCUT2D eigenvalue weighted by molar-refractivity contribution is 8.01. The van der Waals surface area contributed by atoms with Gasteiger partial charge in [-0.05, 0) is 57.6 Å². The van der Waals surface area contributed by atoms with E-state index in [1.165, 1.54) is 6.07 Å². The summed E-state index contributed by atoms with van der Waals surface area (Å²) in [4.78, 5) is 17.2. The molecule has 1 N–H and O–H groups in total. The van der Waals surface area contributed by atoms with Crippen molar-refractivity contribution >= 4 is 17.7 Å². The Labute approximate surface area is 155 Å². The third-order valence-electron chi connectivity index (χ3n) is 4.94. The van der Waals surface area contributed by atoms with Gasteiger partial charge in [0, 0.05) is 26.2 Å². The van der Waals surface area contributed by atoms with Crippen LogP contribution in [-0.4, -0.2) is 60.2 Å². The third kappa shape index (κ3) is 4.74. The highest BCUT2D eigenvalue weighted by atomic mass is 32.2. The van der Waals surface area contributed by atoms with E-state index in [-0.39, 0.29) is 17.1 Å². The maximum atomic E-state index is 13.6. The molecule has 0 aromatic heterocycles. The Morgan fingerprint density at radius 3 is 2.72 bits per heavy atom. The van der Waals surface area contributed by atoms with E-state index >= 15 is 0 Å². The Morgan fingerprint density at radius 1 is 1.36 bits per heavy atom. The van der Waals surface area contributed by atoms with E-state index in [2.05, 4.69) is 24.2 Å². The Kier molecular flexibility index (Phi) is 6.88. The molecule has 2 atom stereocenters. The fraction of sp³-hybridized carbons (Fsp3) is 0.632. The van der Waals surface area contributed by atoms with Gasteiger partial charge in [-0.3, -0.25) is 10.1 Å². The van der Waals surface area contributed by atoms with E-state index in [1.54, 1.807) is 23.9 Å². The standard InChI is InChI=1S/C19H30FN3OS/c1-6-22(5)10-11-23(7-2)18(24)19(4)13-21-17(25-19)16-12-15(20)9-8-14(16)3/h8-9,12,17,21H,6-7,10-11,13H2,1-5H3. The van der Waals surface area contributed by atoms with Crippen LogP contribution in [0.25, 0.3) is 0 Å². The number of thioether (sulfide) groups is 1. The summed E-state index contributed by atoms with van der Waals surface area (Å²) in [7, 11) is 2.06. The molecule has 140 valence electrons. The van der Waals surface area contributed by atoms with Crippen LogP contribution in [0.4, 0.5) is 4.39 Å². The monoisotopic (exact) mass is 367 g/mol. The first-order chi connectivity index (χ1) is 11.8. The topological polar surface area (TPSA) is 35.6 Å². The van der Waals surface area contributed by atoms with Gasteiger partial charge in [-0.2, -0.15) is 0 Å². The number of rotatable bonds is 7. The van der Waals surface area contributed by atoms with Gasteiger partial charge >= 0.3 is 0 Å². The first-order valence-corrected chi connectivity index (χ1v) is 9.84. The van der Waals surface area contributed by atoms with Crippen LogP contribution in [0.1, 0.15) is 37.3 Å². The second-order valence-electron chi connectivity index (χ2n) is 6.89. The first-order valence-electron chi connectivity index (χ1n) is 8.96. The number of nitrogens with one attached hydrogen (secondary N) is 1. The fourth-order valence-electron chi connectivity index (χ4n) is 3.01. The largest absolute Gasteiger partial charge is 0.340 e. The van der Waals surface area contributed by atoms with Crippen molar-refractivity contribution in [1.82, 2.24) is 15.1 Å². The van der Waals surface area contributed by atoms with Crippen LogP contribution in [0.3, 0.4) is 0 Å². The van der Waals surface area contributed by atoms with Crippen molar-refractivity contribution in [3.8, 4) is 0 Å². The molecular formula is C19H30FN3OS. The number of carbonyl (C=O) groups is 1. The molecule has 0 bridgehead atoms. The minimum atomic E-state index is -0.524. The smallest absolute Gasteiger partial charge is 0.239 e. The van der Waals surface area contributed by atoms with Crippen molar-refractivity contribution in [3.63, 3.8) is 0 Å². The van der Waals surface area contributed by atoms with Crippen LogP contribution < -0.4 is 5.32 Å². The van der Waals surface area contributed by atoms with Crippen LogP contribution in [-0.2, 0) is 4.79 Å². The molecule has 1 amide bonds. The average Bonchev–Trinajstić information content (AvgIpc) is 3.00. The van der Waals surface area contributed by atoms with Gasteiger partial charge in [0.1, 0.15) is 10.6 Å². The van der Waals surface area contributed by atoms with E-state index in [1.807, 2.05) is 25.7 Å². The van der Waals surface area contributed by atoms with Gasteiger partial charge in [0.25, 0.3) is 0 Å². The summed E-state index contributed by atoms with van der Waals surface area (Å²) < 4.78 is 13.1. The van der Waals surface area contributed by atoms with E-state index < -0.39 is 4.75 Å². The molecule has 6 heteroatoms. The maximum absolute atomic E-state index is 13.6. The molecule has 1 aromatic carbocycles. The third-order valence-corrected chi connectivity index (χ3v) is 6.43. The first kappa shape index (κ1) is 20.2. The SMILES string of the molecule is CCN(C)CCN(CC)C(=O)C1(C)CNC(c2cc(F)ccc2C)S1. The second kappa shape index (κ2) is 8.52. The number of hydrogen-bond acceptors (Lipinski definition) is 4. The van der Waals surface area contributed by atoms with Crippen LogP contribution in [0.5, 0.6) is 0 Å². The Morgan fingerprint density at radius 2 is 2.08 bits per heavy atom. The molecule has 1 aromatic rings. The summed E-state index contributed by atoms with van der Waals surface area (Å²) in [5.74, 6) is -0.0747. The molecule has 0 radical (unpaired) electrons. The number of nitrogens with zero attached hydrogens (tertiary/aromatic N) is 2. The zero-order valence-corrected chi connectivity index (χ0v) is 16.8. The molecule has 1 aliphatic rings. The molecule has 0 aliphatic carbocycles. The highest BCUT2D eigenvalue weighted by Gasteiger charge is 2.44. The van der Waals surface area contributed by atoms with Gasteiger partial charge in [-0.1, -0.05) is 13.0 Å². The van der Waals surface area contributed by atoms with E-state index in [0.717, 1.165) is 30.8 Å². The average molecular weight is 368 g/mol. The molecule has 2 unspecified atom stereocenters. The van der Waals surface area contributed by atoms with Crippen LogP contribution in [0.15, 0.2) is 18.2 Å². The summed E-state index contributed by atoms with van der Waals surface area (Å²) >= 11 is 1.60. The minimum absolute atomic E-state index is 0.0540. The van der Waals surface area contributed by atoms with Crippen LogP contribution in [0, 0.1) is 12.7 Å². The second-order valence-corrected chi connectivity index (χ2v) is 8.50. The molecular weight excluding hydrogens is 337 g/mol. The van der Waals surface area contributed by atoms with E-state index in [4.69, 9.17) is 0 Å². The van der Waals surface area contributed by atoms with Gasteiger partial charge in [0.05, 0.1) is 5.37 Å². The zero-order chi connectivity index (χ0) is 18.6. The molecule has 1 aliphatic heterocycles. The highest BCUT2D eigenvalue weighted by Crippen LogP contribution is 2.44. The fourth-order valence-corrected chi connectivity index (χ4v) is 4.48. The minimum Gasteiger partial charge on any atom is -0.340 e. The van der Waals surface area contributed by atoms with Crippen molar-refractivity contribution in [2.24, 2.45) is 0 Å². The number of likely N-dealkylation sites (N-methyl/N-ethyl adjacent to an activating group) is 2. The predicted molar refractivity (Wildman–Crippen MR) is 103 cm³/mol. The Hall–Kier alpha value is -1.11. The molecule has 25 heavy (non-hydrogen) atoms. The summed E-state index contributed by atoms with van der Waals surface area (Å²) in [6.45, 7) is 12.0. The number of halogens is 1. The van der Waals surface area contributed by atoms with Gasteiger partial charge in [0.15, 0.2) is 0 Å². The van der Waals surface area contributed by atoms with Crippen molar-refractivity contribution in [1.29, 1.82) is 0 Å². The lowest BCUT2D eigenvalue weighted by atomic mass is 10.1. The normalized spacial score (nSPS) is 23.2. The maximum Gasteiger partial charge on any atom is 0.239 e. The number of hydrogen-bond donors (Lipinski definition) is 1. The molecule has 1 heterocycles. The van der Waals surface area contributed by atoms with Crippen LogP contribution in [0.2, 0.25) is 0 Å². The van der Waals surface area contributed by atoms with Gasteiger partial charge in [-0.25, -0.2) is 4.39 Å². The van der Waals surface area contributed by atoms with Crippen molar-refractivity contribution in [2.45, 2.75) is 37.8 Å². The zero-order valence-electron chi connectivity index (χ0n) is 15.9. The summed E-state index contributed by atoms with van der Waals surface area (Å²) in [5, 5.41) is 3.35. The van der Waals surface area contributed by atoms with Gasteiger partial charge < -0.3 is 9.80 Å². The quantitative estimate of drug-likeness (QED) is 0.804. The number of amides is 1.